The highest BCUT2D eigenvalue weighted by molar-refractivity contribution is 6.09. The molecule has 1 atom stereocenters. The summed E-state index contributed by atoms with van der Waals surface area (Å²) in [6, 6.07) is 14.8. The molecule has 8 nitrogen and oxygen atoms in total. The normalized spacial score (nSPS) is 16.1. The number of benzene rings is 2. The summed E-state index contributed by atoms with van der Waals surface area (Å²) in [5.41, 5.74) is 9.00. The molecule has 0 spiro atoms. The fraction of sp³-hybridized carbons (Fsp3) is 0.303. The zero-order valence-electron chi connectivity index (χ0n) is 24.1. The van der Waals surface area contributed by atoms with Gasteiger partial charge in [0.15, 0.2) is 0 Å². The summed E-state index contributed by atoms with van der Waals surface area (Å²) in [6.07, 6.45) is 13.5. The van der Waals surface area contributed by atoms with Crippen molar-refractivity contribution in [2.75, 3.05) is 31.0 Å². The fourth-order valence-corrected chi connectivity index (χ4v) is 5.48. The lowest BCUT2D eigenvalue weighted by molar-refractivity contribution is 0.394. The molecule has 0 radical (unpaired) electrons. The molecule has 2 aromatic heterocycles. The van der Waals surface area contributed by atoms with Crippen molar-refractivity contribution in [1.82, 2.24) is 14.5 Å². The van der Waals surface area contributed by atoms with Crippen LogP contribution in [0.15, 0.2) is 65.8 Å². The van der Waals surface area contributed by atoms with Crippen LogP contribution >= 0.6 is 0 Å². The molecule has 0 aliphatic carbocycles. The maximum Gasteiger partial charge on any atom is 0.124 e. The lowest BCUT2D eigenvalue weighted by atomic mass is 10.1. The van der Waals surface area contributed by atoms with Gasteiger partial charge < -0.3 is 24.3 Å². The van der Waals surface area contributed by atoms with Crippen LogP contribution in [0.4, 0.5) is 17.1 Å². The minimum atomic E-state index is 0.367. The molecule has 0 bridgehead atoms. The Hall–Kier alpha value is -4.59. The van der Waals surface area contributed by atoms with Gasteiger partial charge in [0, 0.05) is 66.7 Å². The molecule has 0 saturated heterocycles. The van der Waals surface area contributed by atoms with Gasteiger partial charge in [-0.1, -0.05) is 19.1 Å². The van der Waals surface area contributed by atoms with Crippen molar-refractivity contribution < 1.29 is 9.47 Å². The summed E-state index contributed by atoms with van der Waals surface area (Å²) < 4.78 is 13.5. The van der Waals surface area contributed by atoms with E-state index in [2.05, 4.69) is 65.2 Å². The number of hydrogen-bond donors (Lipinski definition) is 1. The Morgan fingerprint density at radius 3 is 2.61 bits per heavy atom. The van der Waals surface area contributed by atoms with Crippen LogP contribution < -0.4 is 19.7 Å². The SMILES string of the molecule is CC[C@@H]1CCC=C(c2cnc3ccc(N(Cc4cc5c(n4C)C=CCN5)c4cc(OC)cc(OC)c4)cc3n2)C=N1. The molecular formula is C33H36N6O2. The molecule has 41 heavy (non-hydrogen) atoms. The number of hydrogen-bond acceptors (Lipinski definition) is 7. The van der Waals surface area contributed by atoms with Crippen LogP contribution in [0.2, 0.25) is 0 Å². The molecule has 1 N–H and O–H groups in total. The second-order valence-corrected chi connectivity index (χ2v) is 10.4. The van der Waals surface area contributed by atoms with Crippen LogP contribution in [0.3, 0.4) is 0 Å². The van der Waals surface area contributed by atoms with Gasteiger partial charge in [-0.15, -0.1) is 0 Å². The Labute approximate surface area is 241 Å². The highest BCUT2D eigenvalue weighted by Crippen LogP contribution is 2.36. The first-order valence-corrected chi connectivity index (χ1v) is 14.2. The zero-order chi connectivity index (χ0) is 28.3. The lowest BCUT2D eigenvalue weighted by Gasteiger charge is -2.26. The van der Waals surface area contributed by atoms with Crippen LogP contribution in [0.1, 0.15) is 43.3 Å². The largest absolute Gasteiger partial charge is 0.497 e. The molecule has 2 aromatic carbocycles. The van der Waals surface area contributed by atoms with E-state index in [0.29, 0.717) is 12.6 Å². The first-order chi connectivity index (χ1) is 20.1. The van der Waals surface area contributed by atoms with E-state index < -0.39 is 0 Å². The van der Waals surface area contributed by atoms with Crippen molar-refractivity contribution in [3.05, 3.63) is 77.9 Å². The number of aliphatic imine (C=N–C) groups is 1. The van der Waals surface area contributed by atoms with Gasteiger partial charge in [-0.2, -0.15) is 0 Å². The van der Waals surface area contributed by atoms with Crippen molar-refractivity contribution in [3.63, 3.8) is 0 Å². The van der Waals surface area contributed by atoms with E-state index in [9.17, 15) is 0 Å². The molecule has 2 aliphatic rings. The van der Waals surface area contributed by atoms with E-state index in [4.69, 9.17) is 24.4 Å². The Morgan fingerprint density at radius 1 is 1.02 bits per heavy atom. The first kappa shape index (κ1) is 26.6. The van der Waals surface area contributed by atoms with E-state index in [1.54, 1.807) is 14.2 Å². The van der Waals surface area contributed by atoms with Gasteiger partial charge in [0.25, 0.3) is 0 Å². The molecule has 0 unspecified atom stereocenters. The van der Waals surface area contributed by atoms with Gasteiger partial charge >= 0.3 is 0 Å². The Bertz CT molecular complexity index is 1650. The third kappa shape index (κ3) is 5.42. The summed E-state index contributed by atoms with van der Waals surface area (Å²) in [7, 11) is 5.46. The number of allylic oxidation sites excluding steroid dienone is 2. The minimum absolute atomic E-state index is 0.367. The second-order valence-electron chi connectivity index (χ2n) is 10.4. The summed E-state index contributed by atoms with van der Waals surface area (Å²) in [5.74, 6) is 1.46. The van der Waals surface area contributed by atoms with E-state index in [1.807, 2.05) is 36.7 Å². The molecule has 210 valence electrons. The summed E-state index contributed by atoms with van der Waals surface area (Å²) in [6.45, 7) is 3.65. The Morgan fingerprint density at radius 2 is 1.85 bits per heavy atom. The second kappa shape index (κ2) is 11.5. The fourth-order valence-electron chi connectivity index (χ4n) is 5.48. The number of methoxy groups -OCH3 is 2. The standard InChI is InChI=1S/C33H36N6O2/c1-5-23-9-6-8-22(19-35-23)32-20-36-29-12-11-24(16-30(29)37-32)39(25-14-27(40-3)18-28(15-25)41-4)21-26-17-31-33(38(26)2)10-7-13-34-31/h7-8,10-12,14-20,23,34H,5-6,9,13,21H2,1-4H3/t23-/m1/s1. The van der Waals surface area contributed by atoms with Gasteiger partial charge in [0.2, 0.25) is 0 Å². The molecule has 2 aliphatic heterocycles. The van der Waals surface area contributed by atoms with Crippen molar-refractivity contribution >= 4 is 46.0 Å². The van der Waals surface area contributed by atoms with Crippen LogP contribution in [0.5, 0.6) is 11.5 Å². The molecule has 0 saturated carbocycles. The monoisotopic (exact) mass is 548 g/mol. The molecule has 6 rings (SSSR count). The third-order valence-corrected chi connectivity index (χ3v) is 7.93. The first-order valence-electron chi connectivity index (χ1n) is 14.2. The van der Waals surface area contributed by atoms with Crippen LogP contribution in [-0.2, 0) is 13.6 Å². The van der Waals surface area contributed by atoms with Gasteiger partial charge in [-0.25, -0.2) is 4.98 Å². The number of aromatic nitrogens is 3. The van der Waals surface area contributed by atoms with Crippen LogP contribution in [-0.4, -0.2) is 47.6 Å². The Kier molecular flexibility index (Phi) is 7.46. The van der Waals surface area contributed by atoms with E-state index in [-0.39, 0.29) is 0 Å². The van der Waals surface area contributed by atoms with Crippen molar-refractivity contribution in [2.45, 2.75) is 38.8 Å². The highest BCUT2D eigenvalue weighted by Gasteiger charge is 2.19. The number of ether oxygens (including phenoxy) is 2. The van der Waals surface area contributed by atoms with Crippen molar-refractivity contribution in [1.29, 1.82) is 0 Å². The Balaban J connectivity index is 1.43. The molecule has 8 heteroatoms. The van der Waals surface area contributed by atoms with E-state index in [1.165, 1.54) is 11.4 Å². The maximum absolute atomic E-state index is 5.63. The average molecular weight is 549 g/mol. The van der Waals surface area contributed by atoms with E-state index in [0.717, 1.165) is 76.7 Å². The third-order valence-electron chi connectivity index (χ3n) is 7.93. The topological polar surface area (TPSA) is 76.8 Å². The summed E-state index contributed by atoms with van der Waals surface area (Å²) >= 11 is 0. The highest BCUT2D eigenvalue weighted by atomic mass is 16.5. The molecule has 4 heterocycles. The van der Waals surface area contributed by atoms with Gasteiger partial charge in [-0.05, 0) is 49.6 Å². The smallest absolute Gasteiger partial charge is 0.124 e. The predicted molar refractivity (Wildman–Crippen MR) is 168 cm³/mol. The maximum atomic E-state index is 5.63. The number of anilines is 3. The molecule has 0 fully saturated rings. The minimum Gasteiger partial charge on any atom is -0.497 e. The molecule has 0 amide bonds. The van der Waals surface area contributed by atoms with Gasteiger partial charge in [0.05, 0.1) is 55.1 Å². The number of fused-ring (bicyclic) bond motifs is 2. The average Bonchev–Trinajstić information content (AvgIpc) is 3.17. The number of nitrogens with one attached hydrogen (secondary N) is 1. The summed E-state index contributed by atoms with van der Waals surface area (Å²) in [5, 5.41) is 3.49. The molecular weight excluding hydrogens is 512 g/mol. The van der Waals surface area contributed by atoms with E-state index >= 15 is 0 Å². The van der Waals surface area contributed by atoms with Gasteiger partial charge in [0.1, 0.15) is 11.5 Å². The van der Waals surface area contributed by atoms with Crippen LogP contribution in [0.25, 0.3) is 22.7 Å². The quantitative estimate of drug-likeness (QED) is 0.261. The predicted octanol–water partition coefficient (Wildman–Crippen LogP) is 6.79. The van der Waals surface area contributed by atoms with Crippen LogP contribution in [0, 0.1) is 0 Å². The van der Waals surface area contributed by atoms with Crippen molar-refractivity contribution in [2.24, 2.45) is 12.0 Å². The van der Waals surface area contributed by atoms with Gasteiger partial charge in [-0.3, -0.25) is 9.98 Å². The summed E-state index contributed by atoms with van der Waals surface area (Å²) in [4.78, 5) is 16.8. The number of rotatable bonds is 8. The zero-order valence-corrected chi connectivity index (χ0v) is 24.1. The van der Waals surface area contributed by atoms with Crippen molar-refractivity contribution in [3.8, 4) is 11.5 Å². The lowest BCUT2D eigenvalue weighted by Crippen LogP contribution is -2.19. The number of nitrogens with zero attached hydrogens (tertiary/aromatic N) is 5. The molecule has 4 aromatic rings.